The first-order valence-electron chi connectivity index (χ1n) is 5.52. The van der Waals surface area contributed by atoms with E-state index < -0.39 is 0 Å². The molecular weight excluding hydrogens is 367 g/mol. The fourth-order valence-corrected chi connectivity index (χ4v) is 2.83. The number of nitrogens with zero attached hydrogens (tertiary/aromatic N) is 1. The fraction of sp³-hybridized carbons (Fsp3) is 0. The van der Waals surface area contributed by atoms with Gasteiger partial charge in [-0.25, -0.2) is 0 Å². The molecular formula is C13H7BrCl2N2O2. The molecule has 0 fully saturated rings. The number of aromatic nitrogens is 1. The fourth-order valence-electron chi connectivity index (χ4n) is 1.90. The van der Waals surface area contributed by atoms with Gasteiger partial charge in [-0.05, 0) is 34.1 Å². The van der Waals surface area contributed by atoms with Crippen molar-refractivity contribution < 1.29 is 8.94 Å². The van der Waals surface area contributed by atoms with E-state index >= 15 is 0 Å². The van der Waals surface area contributed by atoms with Crippen LogP contribution in [0, 0.1) is 0 Å². The Labute approximate surface area is 132 Å². The highest BCUT2D eigenvalue weighted by atomic mass is 79.9. The summed E-state index contributed by atoms with van der Waals surface area (Å²) in [5, 5.41) is 4.98. The average molecular weight is 374 g/mol. The number of hydrogen-bond donors (Lipinski definition) is 1. The van der Waals surface area contributed by atoms with Crippen LogP contribution in [0.25, 0.3) is 22.4 Å². The molecule has 3 rings (SSSR count). The molecule has 0 radical (unpaired) electrons. The van der Waals surface area contributed by atoms with Gasteiger partial charge in [0.1, 0.15) is 5.69 Å². The Bertz CT molecular complexity index is 783. The Morgan fingerprint density at radius 1 is 1.15 bits per heavy atom. The first kappa shape index (κ1) is 13.5. The van der Waals surface area contributed by atoms with Gasteiger partial charge in [-0.15, -0.1) is 0 Å². The van der Waals surface area contributed by atoms with Crippen molar-refractivity contribution in [2.75, 3.05) is 5.73 Å². The van der Waals surface area contributed by atoms with Crippen LogP contribution in [0.15, 0.2) is 44.1 Å². The van der Waals surface area contributed by atoms with Crippen LogP contribution in [0.4, 0.5) is 5.88 Å². The van der Waals surface area contributed by atoms with Gasteiger partial charge in [0.05, 0.1) is 22.4 Å². The normalized spacial score (nSPS) is 10.9. The van der Waals surface area contributed by atoms with Gasteiger partial charge in [-0.3, -0.25) is 0 Å². The first-order chi connectivity index (χ1) is 9.58. The first-order valence-corrected chi connectivity index (χ1v) is 7.06. The van der Waals surface area contributed by atoms with E-state index in [4.69, 9.17) is 37.9 Å². The Morgan fingerprint density at radius 2 is 1.95 bits per heavy atom. The topological polar surface area (TPSA) is 65.2 Å². The quantitative estimate of drug-likeness (QED) is 0.665. The summed E-state index contributed by atoms with van der Waals surface area (Å²) < 4.78 is 10.8. The minimum atomic E-state index is 0.178. The lowest BCUT2D eigenvalue weighted by Crippen LogP contribution is -1.88. The van der Waals surface area contributed by atoms with Gasteiger partial charge in [0.25, 0.3) is 0 Å². The zero-order valence-electron chi connectivity index (χ0n) is 9.86. The van der Waals surface area contributed by atoms with Crippen LogP contribution in [0.3, 0.4) is 0 Å². The van der Waals surface area contributed by atoms with Gasteiger partial charge < -0.3 is 14.7 Å². The van der Waals surface area contributed by atoms with Crippen LogP contribution >= 0.6 is 39.1 Å². The Hall–Kier alpha value is -1.43. The van der Waals surface area contributed by atoms with Gasteiger partial charge >= 0.3 is 0 Å². The SMILES string of the molecule is Nc1onc(-c2ccoc2Br)c1-c1ccc(Cl)cc1Cl. The number of anilines is 1. The summed E-state index contributed by atoms with van der Waals surface area (Å²) in [6.45, 7) is 0. The van der Waals surface area contributed by atoms with E-state index in [1.165, 1.54) is 6.26 Å². The van der Waals surface area contributed by atoms with Gasteiger partial charge in [0.15, 0.2) is 4.67 Å². The molecule has 2 N–H and O–H groups in total. The largest absolute Gasteiger partial charge is 0.457 e. The van der Waals surface area contributed by atoms with E-state index in [0.717, 1.165) is 5.56 Å². The molecule has 0 spiro atoms. The average Bonchev–Trinajstić information content (AvgIpc) is 2.96. The molecule has 0 bridgehead atoms. The summed E-state index contributed by atoms with van der Waals surface area (Å²) in [5.74, 6) is 0.178. The lowest BCUT2D eigenvalue weighted by Gasteiger charge is -2.04. The summed E-state index contributed by atoms with van der Waals surface area (Å²) in [6, 6.07) is 6.89. The van der Waals surface area contributed by atoms with E-state index in [-0.39, 0.29) is 5.88 Å². The molecule has 0 aliphatic rings. The third kappa shape index (κ3) is 2.22. The second-order valence-electron chi connectivity index (χ2n) is 4.00. The lowest BCUT2D eigenvalue weighted by molar-refractivity contribution is 0.439. The highest BCUT2D eigenvalue weighted by Gasteiger charge is 2.22. The summed E-state index contributed by atoms with van der Waals surface area (Å²) in [7, 11) is 0. The number of halogens is 3. The van der Waals surface area contributed by atoms with E-state index in [0.29, 0.717) is 31.5 Å². The third-order valence-corrected chi connectivity index (χ3v) is 3.95. The van der Waals surface area contributed by atoms with Crippen molar-refractivity contribution in [3.8, 4) is 22.4 Å². The molecule has 0 aliphatic carbocycles. The van der Waals surface area contributed by atoms with Gasteiger partial charge in [0.2, 0.25) is 5.88 Å². The number of nitrogen functional groups attached to an aromatic ring is 1. The highest BCUT2D eigenvalue weighted by Crippen LogP contribution is 2.42. The molecule has 0 saturated heterocycles. The van der Waals surface area contributed by atoms with E-state index in [2.05, 4.69) is 21.1 Å². The molecule has 0 amide bonds. The van der Waals surface area contributed by atoms with E-state index in [1.54, 1.807) is 24.3 Å². The lowest BCUT2D eigenvalue weighted by atomic mass is 10.0. The Balaban J connectivity index is 2.24. The Kier molecular flexibility index (Phi) is 3.50. The smallest absolute Gasteiger partial charge is 0.230 e. The molecule has 3 aromatic rings. The zero-order chi connectivity index (χ0) is 14.3. The number of benzene rings is 1. The molecule has 7 heteroatoms. The van der Waals surface area contributed by atoms with Crippen LogP contribution in [0.5, 0.6) is 0 Å². The Morgan fingerprint density at radius 3 is 2.60 bits per heavy atom. The van der Waals surface area contributed by atoms with Gasteiger partial charge in [-0.2, -0.15) is 0 Å². The summed E-state index contributed by atoms with van der Waals surface area (Å²) in [4.78, 5) is 0. The molecule has 1 aromatic carbocycles. The second-order valence-corrected chi connectivity index (χ2v) is 5.57. The van der Waals surface area contributed by atoms with Gasteiger partial charge in [0, 0.05) is 10.6 Å². The number of nitrogens with two attached hydrogens (primary N) is 1. The van der Waals surface area contributed by atoms with Gasteiger partial charge in [-0.1, -0.05) is 34.4 Å². The van der Waals surface area contributed by atoms with Crippen molar-refractivity contribution in [2.45, 2.75) is 0 Å². The van der Waals surface area contributed by atoms with Crippen LogP contribution in [0.2, 0.25) is 10.0 Å². The van der Waals surface area contributed by atoms with Crippen LogP contribution in [-0.2, 0) is 0 Å². The monoisotopic (exact) mass is 372 g/mol. The number of rotatable bonds is 2. The summed E-state index contributed by atoms with van der Waals surface area (Å²) >= 11 is 15.4. The highest BCUT2D eigenvalue weighted by molar-refractivity contribution is 9.10. The molecule has 0 atom stereocenters. The molecule has 0 saturated carbocycles. The molecule has 2 heterocycles. The number of furan rings is 1. The number of hydrogen-bond acceptors (Lipinski definition) is 4. The van der Waals surface area contributed by atoms with E-state index in [9.17, 15) is 0 Å². The second kappa shape index (κ2) is 5.16. The molecule has 0 unspecified atom stereocenters. The molecule has 2 aromatic heterocycles. The van der Waals surface area contributed by atoms with Crippen molar-refractivity contribution in [1.29, 1.82) is 0 Å². The van der Waals surface area contributed by atoms with Crippen LogP contribution < -0.4 is 5.73 Å². The standard InChI is InChI=1S/C13H7BrCl2N2O2/c14-12-8(3-4-19-12)11-10(13(17)20-18-11)7-2-1-6(15)5-9(7)16/h1-5H,17H2. The zero-order valence-corrected chi connectivity index (χ0v) is 13.0. The van der Waals surface area contributed by atoms with Crippen molar-refractivity contribution in [2.24, 2.45) is 0 Å². The van der Waals surface area contributed by atoms with E-state index in [1.807, 2.05) is 0 Å². The predicted molar refractivity (Wildman–Crippen MR) is 81.8 cm³/mol. The maximum atomic E-state index is 6.22. The van der Waals surface area contributed by atoms with Crippen LogP contribution in [-0.4, -0.2) is 5.16 Å². The van der Waals surface area contributed by atoms with Crippen molar-refractivity contribution in [3.63, 3.8) is 0 Å². The maximum Gasteiger partial charge on any atom is 0.230 e. The summed E-state index contributed by atoms with van der Waals surface area (Å²) in [5.41, 5.74) is 8.44. The molecule has 4 nitrogen and oxygen atoms in total. The van der Waals surface area contributed by atoms with Crippen molar-refractivity contribution in [1.82, 2.24) is 5.16 Å². The maximum absolute atomic E-state index is 6.22. The molecule has 20 heavy (non-hydrogen) atoms. The van der Waals surface area contributed by atoms with Crippen molar-refractivity contribution >= 4 is 45.0 Å². The molecule has 0 aliphatic heterocycles. The molecule has 102 valence electrons. The predicted octanol–water partition coefficient (Wildman–Crippen LogP) is 5.25. The minimum absolute atomic E-state index is 0.178. The van der Waals surface area contributed by atoms with Crippen LogP contribution in [0.1, 0.15) is 0 Å². The minimum Gasteiger partial charge on any atom is -0.457 e. The third-order valence-electron chi connectivity index (χ3n) is 2.79. The summed E-state index contributed by atoms with van der Waals surface area (Å²) in [6.07, 6.45) is 1.54. The van der Waals surface area contributed by atoms with Crippen molar-refractivity contribution in [3.05, 3.63) is 45.2 Å².